The van der Waals surface area contributed by atoms with Crippen molar-refractivity contribution in [2.24, 2.45) is 0 Å². The molecule has 0 bridgehead atoms. The molecule has 0 aliphatic carbocycles. The van der Waals surface area contributed by atoms with Crippen LogP contribution in [0.25, 0.3) is 69.6 Å². The Balaban J connectivity index is 0.000000276. The summed E-state index contributed by atoms with van der Waals surface area (Å²) in [5.41, 5.74) is 16.7. The van der Waals surface area contributed by atoms with Gasteiger partial charge in [0, 0.05) is 121 Å². The Kier molecular flexibility index (Phi) is 41.6. The zero-order valence-corrected chi connectivity index (χ0v) is 80.1. The minimum Gasteiger partial charge on any atom is -0.496 e. The number of anilines is 1. The third kappa shape index (κ3) is 27.0. The standard InChI is InChI=1S/C26H25N5O5S.C17H19N3O4.2C11H12N2O2S.C7H7ClO2S.C6H15N.C4H6N2.2CH4.ClH.S6/c1-13-5-7-17(8-6-13)37(33,34)31-11-16(12-31)24-28-25-23(26(32)29-24)18-10-21(35-4)19(9-20(18)27-25)22-14(2)30-36-15(22)3;1-5-23-17(21)15-10-7-13(22-4)11(6-12(10)19-16(15)18)14-8(2)20-24-9(14)3;2*1-9-3-5-11(6-4-9)16(14,15)13-7-10(8-13)12-2;1-6-2-4-7(5-3-6)11(8,9)10;1-4-7(5-2)6-3;1-5-4-2-6-3-4;;;;1-3-5-6-4-2/h5-10,16H,11-12H2,1-4H3,(H2,27,28,29,32);6-7,19H,5,18H2,1-4H3;2*3-6,10H,7-8H2,1H3;2-5H,1H3;4-6H2,1-3H3;4,6H,2-3H2;2*1H4;1H;. The lowest BCUT2D eigenvalue weighted by Crippen LogP contribution is -2.51. The molecule has 0 spiro atoms. The first-order valence-electron chi connectivity index (χ1n) is 38.2. The maximum Gasteiger partial charge on any atom is 0.342 e. The van der Waals surface area contributed by atoms with Gasteiger partial charge in [-0.05, 0) is 155 Å². The Hall–Kier alpha value is -9.20. The minimum absolute atomic E-state index is 0. The number of nitrogens with one attached hydrogen (secondary N) is 4. The SMILES string of the molecule is C.C.CCN(CC)CC.CCOC(=O)c1c(N)[nH]c2cc(-c3c(C)noc3C)c(OC)cc12.COc1cc2c(cc1-c1c(C)noc1C)[nH]c1nc(C3CN(S(=O)(=O)c4ccc(C)cc4)C3)[nH]c(=O)c12.Cc1ccc(S(=O)(=O)Cl)cc1.Cl.S=S=S=S=S=S.[C-]#[N+]C1CN(S(=O)(=O)c2ccc(C)cc2)C1.[C-]#[N+]C1CN(S(=O)(=O)c2ccc(C)cc2)C1.[C-]#[N+]C1CNC1. The number of nitrogens with two attached hydrogens (primary N) is 1. The molecule has 6 aromatic carbocycles. The number of benzene rings is 6. The summed E-state index contributed by atoms with van der Waals surface area (Å²) >= 11 is 9.03. The van der Waals surface area contributed by atoms with E-state index in [9.17, 15) is 43.3 Å². The van der Waals surface area contributed by atoms with Gasteiger partial charge in [0.2, 0.25) is 36.1 Å². The first-order chi connectivity index (χ1) is 58.4. The van der Waals surface area contributed by atoms with Crippen LogP contribution in [0.4, 0.5) is 5.82 Å². The number of fused-ring (bicyclic) bond motifs is 4. The van der Waals surface area contributed by atoms with E-state index in [2.05, 4.69) is 98.1 Å². The largest absolute Gasteiger partial charge is 0.496 e. The van der Waals surface area contributed by atoms with Crippen LogP contribution in [0.15, 0.2) is 155 Å². The van der Waals surface area contributed by atoms with E-state index in [1.165, 1.54) is 80.2 Å². The molecule has 9 heterocycles. The number of hydrogen-bond acceptors (Lipinski definition) is 23. The highest BCUT2D eigenvalue weighted by atomic mass is 35.7. The zero-order chi connectivity index (χ0) is 90.4. The third-order valence-electron chi connectivity index (χ3n) is 19.9. The number of sulfonamides is 3. The molecule has 11 aromatic rings. The summed E-state index contributed by atoms with van der Waals surface area (Å²) in [5, 5.41) is 12.8. The van der Waals surface area contributed by atoms with Crippen molar-refractivity contribution in [3.05, 3.63) is 222 Å². The molecule has 42 heteroatoms. The molecule has 4 fully saturated rings. The van der Waals surface area contributed by atoms with Crippen molar-refractivity contribution >= 4 is 165 Å². The lowest BCUT2D eigenvalue weighted by Gasteiger charge is -2.37. The number of methoxy groups -OCH3 is 2. The average Bonchev–Trinajstić information content (AvgIpc) is 1.51. The lowest BCUT2D eigenvalue weighted by molar-refractivity contribution is 0.0529. The Labute approximate surface area is 769 Å². The van der Waals surface area contributed by atoms with Crippen LogP contribution >= 0.6 is 23.1 Å². The Bertz CT molecular complexity index is 6280. The van der Waals surface area contributed by atoms with Crippen LogP contribution in [0.3, 0.4) is 0 Å². The number of esters is 1. The summed E-state index contributed by atoms with van der Waals surface area (Å²) in [6, 6.07) is 34.0. The van der Waals surface area contributed by atoms with Gasteiger partial charge in [-0.15, -0.1) is 12.4 Å². The molecule has 15 rings (SSSR count). The Morgan fingerprint density at radius 1 is 0.563 bits per heavy atom. The molecule has 126 heavy (non-hydrogen) atoms. The topological polar surface area (TPSA) is 375 Å². The van der Waals surface area contributed by atoms with Crippen LogP contribution in [0.2, 0.25) is 0 Å². The molecule has 6 N–H and O–H groups in total. The van der Waals surface area contributed by atoms with Crippen molar-refractivity contribution in [1.82, 2.24) is 53.4 Å². The Morgan fingerprint density at radius 2 is 0.929 bits per heavy atom. The molecule has 0 amide bonds. The first-order valence-corrected chi connectivity index (χ1v) is 51.5. The van der Waals surface area contributed by atoms with E-state index in [0.29, 0.717) is 104 Å². The fourth-order valence-corrected chi connectivity index (χ4v) is 23.5. The van der Waals surface area contributed by atoms with E-state index in [-0.39, 0.29) is 86.1 Å². The van der Waals surface area contributed by atoms with E-state index < -0.39 is 45.1 Å². The second kappa shape index (κ2) is 48.8. The van der Waals surface area contributed by atoms with Crippen LogP contribution in [-0.4, -0.2) is 199 Å². The second-order valence-corrected chi connectivity index (χ2v) is 43.7. The van der Waals surface area contributed by atoms with Gasteiger partial charge in [0.05, 0.1) is 108 Å². The maximum atomic E-state index is 13.2. The van der Waals surface area contributed by atoms with Gasteiger partial charge in [-0.1, -0.05) is 117 Å². The number of nitrogen functional groups attached to an aromatic ring is 1. The molecule has 4 saturated heterocycles. The number of halogens is 2. The first kappa shape index (κ1) is 107. The van der Waals surface area contributed by atoms with Crippen LogP contribution < -0.4 is 26.1 Å². The molecule has 4 aliphatic heterocycles. The molecule has 4 aliphatic rings. The van der Waals surface area contributed by atoms with Gasteiger partial charge in [-0.25, -0.2) is 63.2 Å². The van der Waals surface area contributed by atoms with Gasteiger partial charge in [-0.2, -0.15) is 12.9 Å². The van der Waals surface area contributed by atoms with Gasteiger partial charge < -0.3 is 68.7 Å². The quantitative estimate of drug-likeness (QED) is 0.0321. The summed E-state index contributed by atoms with van der Waals surface area (Å²) in [6.07, 6.45) is 0. The molecule has 0 unspecified atom stereocenters. The van der Waals surface area contributed by atoms with E-state index in [1.807, 2.05) is 73.6 Å². The molecule has 30 nitrogen and oxygen atoms in total. The zero-order valence-electron chi connectivity index (χ0n) is 70.4. The van der Waals surface area contributed by atoms with E-state index >= 15 is 0 Å². The summed E-state index contributed by atoms with van der Waals surface area (Å²) < 4.78 is 126. The molecular weight excluding hydrogens is 1850 g/mol. The van der Waals surface area contributed by atoms with Gasteiger partial charge in [0.1, 0.15) is 45.9 Å². The molecule has 680 valence electrons. The Morgan fingerprint density at radius 3 is 1.23 bits per heavy atom. The highest BCUT2D eigenvalue weighted by Gasteiger charge is 2.43. The van der Waals surface area contributed by atoms with E-state index in [0.717, 1.165) is 74.5 Å². The number of ether oxygens (including phenoxy) is 3. The number of aryl methyl sites for hydroxylation is 8. The number of nitrogens with zero attached hydrogens (tertiary/aromatic N) is 10. The monoisotopic (exact) mass is 1950 g/mol. The predicted octanol–water partition coefficient (Wildman–Crippen LogP) is 14.4. The number of carbonyl (C=O) groups excluding carboxylic acids is 1. The number of H-pyrrole nitrogens is 3. The van der Waals surface area contributed by atoms with E-state index in [1.54, 1.807) is 112 Å². The van der Waals surface area contributed by atoms with Crippen LogP contribution in [-0.2, 0) is 102 Å². The van der Waals surface area contributed by atoms with Crippen molar-refractivity contribution in [2.75, 3.05) is 98.6 Å². The average molecular weight is 1960 g/mol. The van der Waals surface area contributed by atoms with Gasteiger partial charge in [0.25, 0.3) is 26.7 Å². The molecule has 0 saturated carbocycles. The van der Waals surface area contributed by atoms with Crippen molar-refractivity contribution in [3.63, 3.8) is 0 Å². The van der Waals surface area contributed by atoms with Crippen LogP contribution in [0.1, 0.15) is 110 Å². The smallest absolute Gasteiger partial charge is 0.342 e. The van der Waals surface area contributed by atoms with Crippen molar-refractivity contribution in [3.8, 4) is 33.8 Å². The van der Waals surface area contributed by atoms with E-state index in [4.69, 9.17) is 59.4 Å². The summed E-state index contributed by atoms with van der Waals surface area (Å²) in [7, 11) is -0.0230. The number of rotatable bonds is 17. The number of aromatic amines is 3. The van der Waals surface area contributed by atoms with Crippen LogP contribution in [0, 0.1) is 75.1 Å². The van der Waals surface area contributed by atoms with Gasteiger partial charge in [0.15, 0.2) is 0 Å². The molecule has 5 aromatic heterocycles. The van der Waals surface area contributed by atoms with Crippen molar-refractivity contribution < 1.29 is 61.7 Å². The number of aromatic nitrogens is 6. The molecule has 0 atom stereocenters. The summed E-state index contributed by atoms with van der Waals surface area (Å²) in [4.78, 5) is 52.5. The van der Waals surface area contributed by atoms with Crippen molar-refractivity contribution in [2.45, 2.75) is 142 Å². The normalized spacial score (nSPS) is 13.9. The minimum atomic E-state index is -3.60. The second-order valence-electron chi connectivity index (χ2n) is 28.3. The molecule has 0 radical (unpaired) electrons. The maximum absolute atomic E-state index is 13.2. The number of carbonyl (C=O) groups is 1. The van der Waals surface area contributed by atoms with Gasteiger partial charge >= 0.3 is 5.97 Å². The highest BCUT2D eigenvalue weighted by Crippen LogP contribution is 2.42. The summed E-state index contributed by atoms with van der Waals surface area (Å²) in [5.74, 6) is 2.59. The van der Waals surface area contributed by atoms with Gasteiger partial charge in [-0.3, -0.25) is 4.79 Å². The third-order valence-corrected chi connectivity index (χ3v) is 33.5. The lowest BCUT2D eigenvalue weighted by atomic mass is 10.0. The fourth-order valence-electron chi connectivity index (χ4n) is 12.7. The van der Waals surface area contributed by atoms with Crippen molar-refractivity contribution in [1.29, 1.82) is 0 Å². The highest BCUT2D eigenvalue weighted by molar-refractivity contribution is 8.64. The van der Waals surface area contributed by atoms with Crippen LogP contribution in [0.5, 0.6) is 11.5 Å². The fraction of sp³-hybridized carbons (Fsp3) is 0.381. The molecular formula is C84H105Cl2N15O15S10. The summed E-state index contributed by atoms with van der Waals surface area (Å²) in [6.45, 7) is 50.8. The number of hydrogen-bond donors (Lipinski definition) is 5. The predicted molar refractivity (Wildman–Crippen MR) is 515 cm³/mol.